The second-order valence-electron chi connectivity index (χ2n) is 8.24. The lowest BCUT2D eigenvalue weighted by molar-refractivity contribution is 0.0985. The van der Waals surface area contributed by atoms with Gasteiger partial charge in [0.05, 0.1) is 5.69 Å². The Morgan fingerprint density at radius 3 is 2.38 bits per heavy atom. The fourth-order valence-electron chi connectivity index (χ4n) is 4.36. The van der Waals surface area contributed by atoms with Crippen LogP contribution < -0.4 is 10.5 Å². The highest BCUT2D eigenvalue weighted by molar-refractivity contribution is 6.20. The number of aromatic nitrogens is 3. The van der Waals surface area contributed by atoms with E-state index < -0.39 is 0 Å². The Hall–Kier alpha value is -4.45. The molecule has 3 aromatic carbocycles. The smallest absolute Gasteiger partial charge is 0.296 e. The predicted molar refractivity (Wildman–Crippen MR) is 137 cm³/mol. The van der Waals surface area contributed by atoms with Crippen molar-refractivity contribution in [1.82, 2.24) is 14.3 Å². The van der Waals surface area contributed by atoms with Gasteiger partial charge < -0.3 is 9.47 Å². The number of rotatable bonds is 5. The Bertz CT molecular complexity index is 1600. The first-order chi connectivity index (χ1) is 16.5. The largest absolute Gasteiger partial charge is 0.339 e. The fraction of sp³-hybridized carbons (Fsp3) is 0.107. The number of para-hydroxylation sites is 2. The molecule has 0 spiro atoms. The molecule has 0 saturated carbocycles. The summed E-state index contributed by atoms with van der Waals surface area (Å²) in [7, 11) is 1.85. The standard InChI is InChI=1S/C28H24N4O2/c1-4-18-31(20-10-6-5-7-11-20)27(33)25-24-22-12-8-9-13-23(22)30(3)26(24)28(34)32(29-25)21-16-14-19(2)15-17-21/h4-17H,1,18H2,2-3H3. The maximum atomic E-state index is 14.0. The summed E-state index contributed by atoms with van der Waals surface area (Å²) >= 11 is 0. The molecule has 6 heteroatoms. The molecule has 5 aromatic rings. The highest BCUT2D eigenvalue weighted by atomic mass is 16.2. The van der Waals surface area contributed by atoms with Crippen LogP contribution >= 0.6 is 0 Å². The lowest BCUT2D eigenvalue weighted by Gasteiger charge is -2.21. The van der Waals surface area contributed by atoms with Gasteiger partial charge >= 0.3 is 0 Å². The Labute approximate surface area is 197 Å². The normalized spacial score (nSPS) is 11.1. The molecule has 0 aliphatic heterocycles. The van der Waals surface area contributed by atoms with E-state index in [-0.39, 0.29) is 17.2 Å². The molecule has 0 unspecified atom stereocenters. The Morgan fingerprint density at radius 1 is 1.00 bits per heavy atom. The van der Waals surface area contributed by atoms with Gasteiger partial charge in [-0.3, -0.25) is 9.59 Å². The van der Waals surface area contributed by atoms with Crippen LogP contribution in [0.2, 0.25) is 0 Å². The third kappa shape index (κ3) is 3.40. The molecule has 0 fully saturated rings. The Balaban J connectivity index is 1.86. The molecule has 0 aliphatic rings. The number of nitrogens with zero attached hydrogens (tertiary/aromatic N) is 4. The van der Waals surface area contributed by atoms with Gasteiger partial charge in [-0.1, -0.05) is 60.2 Å². The van der Waals surface area contributed by atoms with Gasteiger partial charge in [-0.05, 0) is 37.3 Å². The van der Waals surface area contributed by atoms with Gasteiger partial charge in [0, 0.05) is 35.6 Å². The molecule has 0 aliphatic carbocycles. The number of carbonyl (C=O) groups is 1. The summed E-state index contributed by atoms with van der Waals surface area (Å²) in [5.41, 5.74) is 3.65. The topological polar surface area (TPSA) is 60.1 Å². The van der Waals surface area contributed by atoms with Crippen LogP contribution in [0.5, 0.6) is 0 Å². The van der Waals surface area contributed by atoms with Gasteiger partial charge in [0.2, 0.25) is 0 Å². The minimum absolute atomic E-state index is 0.220. The number of fused-ring (bicyclic) bond motifs is 3. The molecule has 0 saturated heterocycles. The van der Waals surface area contributed by atoms with Crippen LogP contribution in [0.1, 0.15) is 16.1 Å². The van der Waals surface area contributed by atoms with E-state index in [2.05, 4.69) is 11.7 Å². The molecule has 6 nitrogen and oxygen atoms in total. The quantitative estimate of drug-likeness (QED) is 0.355. The summed E-state index contributed by atoms with van der Waals surface area (Å²) in [6, 6.07) is 24.6. The highest BCUT2D eigenvalue weighted by Crippen LogP contribution is 2.30. The van der Waals surface area contributed by atoms with E-state index in [4.69, 9.17) is 0 Å². The molecule has 5 rings (SSSR count). The number of amides is 1. The third-order valence-electron chi connectivity index (χ3n) is 6.04. The number of benzene rings is 3. The van der Waals surface area contributed by atoms with Gasteiger partial charge in [-0.15, -0.1) is 6.58 Å². The number of aryl methyl sites for hydroxylation is 2. The van der Waals surface area contributed by atoms with Crippen LogP contribution in [0.4, 0.5) is 5.69 Å². The van der Waals surface area contributed by atoms with E-state index in [1.54, 1.807) is 11.0 Å². The van der Waals surface area contributed by atoms with E-state index >= 15 is 0 Å². The van der Waals surface area contributed by atoms with Crippen LogP contribution in [0.25, 0.3) is 27.5 Å². The first-order valence-corrected chi connectivity index (χ1v) is 11.1. The number of carbonyl (C=O) groups excluding carboxylic acids is 1. The molecule has 2 heterocycles. The molecule has 2 aromatic heterocycles. The second kappa shape index (κ2) is 8.48. The van der Waals surface area contributed by atoms with Crippen molar-refractivity contribution < 1.29 is 4.79 Å². The zero-order valence-corrected chi connectivity index (χ0v) is 19.1. The van der Waals surface area contributed by atoms with Gasteiger partial charge in [-0.2, -0.15) is 9.78 Å². The van der Waals surface area contributed by atoms with E-state index in [0.29, 0.717) is 23.1 Å². The summed E-state index contributed by atoms with van der Waals surface area (Å²) < 4.78 is 3.17. The molecule has 168 valence electrons. The van der Waals surface area contributed by atoms with Gasteiger partial charge in [0.1, 0.15) is 5.52 Å². The van der Waals surface area contributed by atoms with Crippen LogP contribution in [-0.4, -0.2) is 26.8 Å². The van der Waals surface area contributed by atoms with Crippen LogP contribution in [0.15, 0.2) is 96.3 Å². The van der Waals surface area contributed by atoms with E-state index in [9.17, 15) is 9.59 Å². The number of hydrogen-bond acceptors (Lipinski definition) is 3. The van der Waals surface area contributed by atoms with Crippen LogP contribution in [0.3, 0.4) is 0 Å². The first kappa shape index (κ1) is 21.4. The summed E-state index contributed by atoms with van der Waals surface area (Å²) in [6.07, 6.45) is 1.68. The summed E-state index contributed by atoms with van der Waals surface area (Å²) in [6.45, 7) is 6.12. The predicted octanol–water partition coefficient (Wildman–Crippen LogP) is 5.02. The summed E-state index contributed by atoms with van der Waals surface area (Å²) in [5.74, 6) is -0.298. The average Bonchev–Trinajstić information content (AvgIpc) is 3.17. The number of hydrogen-bond donors (Lipinski definition) is 0. The van der Waals surface area contributed by atoms with Crippen molar-refractivity contribution in [3.8, 4) is 5.69 Å². The third-order valence-corrected chi connectivity index (χ3v) is 6.04. The molecule has 34 heavy (non-hydrogen) atoms. The van der Waals surface area contributed by atoms with Gasteiger partial charge in [-0.25, -0.2) is 0 Å². The molecule has 0 radical (unpaired) electrons. The zero-order chi connectivity index (χ0) is 23.8. The minimum atomic E-state index is -0.298. The van der Waals surface area contributed by atoms with Crippen molar-refractivity contribution in [3.63, 3.8) is 0 Å². The molecule has 0 N–H and O–H groups in total. The SMILES string of the molecule is C=CCN(C(=O)c1nn(-c2ccc(C)cc2)c(=O)c2c1c1ccccc1n2C)c1ccccc1. The van der Waals surface area contributed by atoms with E-state index in [1.807, 2.05) is 97.4 Å². The lowest BCUT2D eigenvalue weighted by atomic mass is 10.1. The zero-order valence-electron chi connectivity index (χ0n) is 19.1. The van der Waals surface area contributed by atoms with Crippen LogP contribution in [-0.2, 0) is 7.05 Å². The average molecular weight is 449 g/mol. The molecule has 0 bridgehead atoms. The fourth-order valence-corrected chi connectivity index (χ4v) is 4.36. The highest BCUT2D eigenvalue weighted by Gasteiger charge is 2.27. The Kier molecular flexibility index (Phi) is 5.34. The maximum absolute atomic E-state index is 14.0. The lowest BCUT2D eigenvalue weighted by Crippen LogP contribution is -2.34. The van der Waals surface area contributed by atoms with Crippen molar-refractivity contribution >= 4 is 33.4 Å². The van der Waals surface area contributed by atoms with Gasteiger partial charge in [0.15, 0.2) is 5.69 Å². The second-order valence-corrected chi connectivity index (χ2v) is 8.24. The van der Waals surface area contributed by atoms with Crippen molar-refractivity contribution in [3.05, 3.63) is 113 Å². The molecular weight excluding hydrogens is 424 g/mol. The van der Waals surface area contributed by atoms with Crippen molar-refractivity contribution in [2.45, 2.75) is 6.92 Å². The minimum Gasteiger partial charge on any atom is -0.339 e. The first-order valence-electron chi connectivity index (χ1n) is 11.1. The van der Waals surface area contributed by atoms with E-state index in [1.165, 1.54) is 4.68 Å². The molecule has 1 amide bonds. The Morgan fingerprint density at radius 2 is 1.68 bits per heavy atom. The monoisotopic (exact) mass is 448 g/mol. The number of anilines is 1. The molecule has 0 atom stereocenters. The summed E-state index contributed by atoms with van der Waals surface area (Å²) in [5, 5.41) is 6.03. The maximum Gasteiger partial charge on any atom is 0.296 e. The van der Waals surface area contributed by atoms with E-state index in [0.717, 1.165) is 22.2 Å². The van der Waals surface area contributed by atoms with Gasteiger partial charge in [0.25, 0.3) is 11.5 Å². The van der Waals surface area contributed by atoms with Crippen LogP contribution in [0, 0.1) is 6.92 Å². The van der Waals surface area contributed by atoms with Crippen molar-refractivity contribution in [2.75, 3.05) is 11.4 Å². The van der Waals surface area contributed by atoms with Crippen molar-refractivity contribution in [2.24, 2.45) is 7.05 Å². The van der Waals surface area contributed by atoms with Crippen molar-refractivity contribution in [1.29, 1.82) is 0 Å². The summed E-state index contributed by atoms with van der Waals surface area (Å²) in [4.78, 5) is 29.4. The molecular formula is C28H24N4O2.